The second kappa shape index (κ2) is 6.59. The highest BCUT2D eigenvalue weighted by molar-refractivity contribution is 6.16. The molecule has 1 atom stereocenters. The minimum Gasteiger partial charge on any atom is -0.331 e. The van der Waals surface area contributed by atoms with Gasteiger partial charge in [0, 0.05) is 36.5 Å². The predicted octanol–water partition coefficient (Wildman–Crippen LogP) is 2.55. The number of carbonyl (C=O) groups excluding carboxylic acids is 3. The van der Waals surface area contributed by atoms with E-state index in [4.69, 9.17) is 0 Å². The van der Waals surface area contributed by atoms with Crippen LogP contribution in [0, 0.1) is 0 Å². The highest BCUT2D eigenvalue weighted by Crippen LogP contribution is 2.45. The van der Waals surface area contributed by atoms with Crippen LogP contribution in [0.4, 0.5) is 11.6 Å². The number of carbonyl (C=O) groups is 3. The van der Waals surface area contributed by atoms with Crippen LogP contribution in [0.3, 0.4) is 0 Å². The van der Waals surface area contributed by atoms with Crippen LogP contribution in [0.2, 0.25) is 0 Å². The van der Waals surface area contributed by atoms with Crippen LogP contribution < -0.4 is 10.2 Å². The smallest absolute Gasteiger partial charge is 0.260 e. The fourth-order valence-corrected chi connectivity index (χ4v) is 3.95. The lowest BCUT2D eigenvalue weighted by atomic mass is 10.0. The van der Waals surface area contributed by atoms with Crippen LogP contribution in [0.15, 0.2) is 60.9 Å². The molecule has 3 heterocycles. The number of anilines is 2. The summed E-state index contributed by atoms with van der Waals surface area (Å²) in [5.74, 6) is -0.253. The van der Waals surface area contributed by atoms with Gasteiger partial charge >= 0.3 is 0 Å². The molecule has 144 valence electrons. The van der Waals surface area contributed by atoms with Crippen molar-refractivity contribution in [3.63, 3.8) is 0 Å². The molecule has 0 bridgehead atoms. The molecular weight excluding hydrogens is 370 g/mol. The maximum absolute atomic E-state index is 13.2. The predicted molar refractivity (Wildman–Crippen MR) is 105 cm³/mol. The lowest BCUT2D eigenvalue weighted by Gasteiger charge is -2.40. The van der Waals surface area contributed by atoms with Crippen LogP contribution in [-0.4, -0.2) is 39.1 Å². The number of H-pyrrole nitrogens is 1. The molecule has 1 aromatic heterocycles. The topological polar surface area (TPSA) is 98.4 Å². The standard InChI is InChI=1S/C21H17N5O3/c27-17(24-21-22-10-11-23-21)9-12-25-18-13-5-1-2-6-14(13)20(29)26(18)16-8-4-3-7-15(16)19(25)28/h1-8,10-11,18H,9,12H2,(H2,22,23,24,27)/t18-/m1/s1. The summed E-state index contributed by atoms with van der Waals surface area (Å²) in [5, 5.41) is 2.66. The van der Waals surface area contributed by atoms with Crippen molar-refractivity contribution in [1.82, 2.24) is 14.9 Å². The number of rotatable bonds is 4. The van der Waals surface area contributed by atoms with Gasteiger partial charge in [0.05, 0.1) is 11.3 Å². The van der Waals surface area contributed by atoms with Gasteiger partial charge < -0.3 is 9.88 Å². The van der Waals surface area contributed by atoms with Gasteiger partial charge in [0.1, 0.15) is 6.17 Å². The van der Waals surface area contributed by atoms with E-state index < -0.39 is 6.17 Å². The van der Waals surface area contributed by atoms with Crippen molar-refractivity contribution in [2.45, 2.75) is 12.6 Å². The number of hydrogen-bond acceptors (Lipinski definition) is 4. The summed E-state index contributed by atoms with van der Waals surface area (Å²) in [6, 6.07) is 14.4. The number of fused-ring (bicyclic) bond motifs is 5. The minimum absolute atomic E-state index is 0.0787. The largest absolute Gasteiger partial charge is 0.331 e. The third kappa shape index (κ3) is 2.68. The van der Waals surface area contributed by atoms with E-state index in [1.165, 1.54) is 0 Å². The number of nitrogens with zero attached hydrogens (tertiary/aromatic N) is 3. The number of para-hydroxylation sites is 1. The average Bonchev–Trinajstić information content (AvgIpc) is 3.35. The Labute approximate surface area is 166 Å². The van der Waals surface area contributed by atoms with Crippen LogP contribution in [0.5, 0.6) is 0 Å². The number of aromatic nitrogens is 2. The second-order valence-corrected chi connectivity index (χ2v) is 6.89. The van der Waals surface area contributed by atoms with E-state index in [0.717, 1.165) is 5.56 Å². The number of amides is 3. The van der Waals surface area contributed by atoms with E-state index in [2.05, 4.69) is 15.3 Å². The van der Waals surface area contributed by atoms with Gasteiger partial charge in [-0.2, -0.15) is 0 Å². The van der Waals surface area contributed by atoms with Crippen LogP contribution >= 0.6 is 0 Å². The Kier molecular flexibility index (Phi) is 3.90. The molecule has 0 saturated heterocycles. The number of hydrogen-bond donors (Lipinski definition) is 2. The molecule has 0 unspecified atom stereocenters. The molecule has 2 aliphatic rings. The van der Waals surface area contributed by atoms with Crippen molar-refractivity contribution < 1.29 is 14.4 Å². The summed E-state index contributed by atoms with van der Waals surface area (Å²) in [7, 11) is 0. The second-order valence-electron chi connectivity index (χ2n) is 6.89. The number of benzene rings is 2. The normalized spacial score (nSPS) is 17.0. The Morgan fingerprint density at radius 2 is 1.79 bits per heavy atom. The SMILES string of the molecule is O=C(CCN1C(=O)c2ccccc2N2C(=O)c3ccccc3[C@H]12)Nc1ncc[nH]1. The Bertz CT molecular complexity index is 1120. The summed E-state index contributed by atoms with van der Waals surface area (Å²) in [4.78, 5) is 48.7. The number of nitrogens with one attached hydrogen (secondary N) is 2. The van der Waals surface area contributed by atoms with Crippen molar-refractivity contribution in [3.05, 3.63) is 77.6 Å². The maximum atomic E-state index is 13.2. The highest BCUT2D eigenvalue weighted by atomic mass is 16.2. The summed E-state index contributed by atoms with van der Waals surface area (Å²) in [6.45, 7) is 0.169. The summed E-state index contributed by atoms with van der Waals surface area (Å²) in [5.41, 5.74) is 2.40. The van der Waals surface area contributed by atoms with E-state index >= 15 is 0 Å². The molecule has 0 radical (unpaired) electrons. The van der Waals surface area contributed by atoms with Crippen LogP contribution in [0.1, 0.15) is 38.9 Å². The molecule has 2 aromatic carbocycles. The molecule has 0 aliphatic carbocycles. The van der Waals surface area contributed by atoms with Gasteiger partial charge in [-0.3, -0.25) is 24.6 Å². The zero-order valence-electron chi connectivity index (χ0n) is 15.3. The molecule has 3 amide bonds. The van der Waals surface area contributed by atoms with Crippen molar-refractivity contribution in [2.24, 2.45) is 0 Å². The Morgan fingerprint density at radius 3 is 2.59 bits per heavy atom. The van der Waals surface area contributed by atoms with Gasteiger partial charge in [0.15, 0.2) is 0 Å². The molecule has 0 saturated carbocycles. The van der Waals surface area contributed by atoms with Crippen molar-refractivity contribution in [2.75, 3.05) is 16.8 Å². The maximum Gasteiger partial charge on any atom is 0.260 e. The lowest BCUT2D eigenvalue weighted by molar-refractivity contribution is -0.116. The van der Waals surface area contributed by atoms with E-state index in [-0.39, 0.29) is 30.7 Å². The monoisotopic (exact) mass is 387 g/mol. The van der Waals surface area contributed by atoms with E-state index in [1.807, 2.05) is 24.3 Å². The summed E-state index contributed by atoms with van der Waals surface area (Å²) >= 11 is 0. The van der Waals surface area contributed by atoms with Gasteiger partial charge in [-0.05, 0) is 18.2 Å². The molecular formula is C21H17N5O3. The Morgan fingerprint density at radius 1 is 1.03 bits per heavy atom. The van der Waals surface area contributed by atoms with Crippen molar-refractivity contribution in [1.29, 1.82) is 0 Å². The Balaban J connectivity index is 1.48. The molecule has 29 heavy (non-hydrogen) atoms. The van der Waals surface area contributed by atoms with Gasteiger partial charge in [-0.25, -0.2) is 4.98 Å². The minimum atomic E-state index is -0.558. The third-order valence-corrected chi connectivity index (χ3v) is 5.22. The zero-order chi connectivity index (χ0) is 20.0. The zero-order valence-corrected chi connectivity index (χ0v) is 15.3. The third-order valence-electron chi connectivity index (χ3n) is 5.22. The Hall–Kier alpha value is -3.94. The van der Waals surface area contributed by atoms with Crippen molar-refractivity contribution in [3.8, 4) is 0 Å². The fraction of sp³-hybridized carbons (Fsp3) is 0.143. The summed E-state index contributed by atoms with van der Waals surface area (Å²) in [6.07, 6.45) is 2.67. The van der Waals surface area contributed by atoms with Crippen LogP contribution in [0.25, 0.3) is 0 Å². The molecule has 3 aromatic rings. The molecule has 8 nitrogen and oxygen atoms in total. The first-order valence-corrected chi connectivity index (χ1v) is 9.27. The number of aromatic amines is 1. The summed E-state index contributed by atoms with van der Waals surface area (Å²) < 4.78 is 0. The van der Waals surface area contributed by atoms with Gasteiger partial charge in [-0.15, -0.1) is 0 Å². The highest BCUT2D eigenvalue weighted by Gasteiger charge is 2.47. The molecule has 2 aliphatic heterocycles. The first kappa shape index (κ1) is 17.2. The van der Waals surface area contributed by atoms with E-state index in [1.54, 1.807) is 46.5 Å². The molecule has 2 N–H and O–H groups in total. The fourth-order valence-electron chi connectivity index (χ4n) is 3.95. The van der Waals surface area contributed by atoms with Gasteiger partial charge in [0.25, 0.3) is 11.8 Å². The molecule has 0 spiro atoms. The van der Waals surface area contributed by atoms with Gasteiger partial charge in [-0.1, -0.05) is 30.3 Å². The van der Waals surface area contributed by atoms with Crippen LogP contribution in [-0.2, 0) is 4.79 Å². The lowest BCUT2D eigenvalue weighted by Crippen LogP contribution is -2.49. The molecule has 5 rings (SSSR count). The molecule has 0 fully saturated rings. The van der Waals surface area contributed by atoms with E-state index in [0.29, 0.717) is 22.8 Å². The van der Waals surface area contributed by atoms with E-state index in [9.17, 15) is 14.4 Å². The average molecular weight is 387 g/mol. The van der Waals surface area contributed by atoms with Crippen molar-refractivity contribution >= 4 is 29.4 Å². The van der Waals surface area contributed by atoms with Gasteiger partial charge in [0.2, 0.25) is 11.9 Å². The number of imidazole rings is 1. The molecule has 8 heteroatoms. The quantitative estimate of drug-likeness (QED) is 0.719. The first-order valence-electron chi connectivity index (χ1n) is 9.27. The first-order chi connectivity index (χ1) is 14.1.